The van der Waals surface area contributed by atoms with Crippen LogP contribution in [0, 0.1) is 13.8 Å². The molecule has 25 heavy (non-hydrogen) atoms. The first-order valence-electron chi connectivity index (χ1n) is 9.02. The average Bonchev–Trinajstić information content (AvgIpc) is 2.93. The smallest absolute Gasteiger partial charge is 0.226 e. The molecule has 0 bridgehead atoms. The Balaban J connectivity index is 1.58. The molecule has 0 aliphatic carbocycles. The molecule has 0 unspecified atom stereocenters. The number of aliphatic hydroxyl groups excluding tert-OH is 1. The van der Waals surface area contributed by atoms with Crippen LogP contribution in [0.2, 0.25) is 0 Å². The number of piperidine rings is 1. The van der Waals surface area contributed by atoms with Crippen molar-refractivity contribution in [2.75, 3.05) is 36.5 Å². The zero-order valence-electron chi connectivity index (χ0n) is 15.4. The Bertz CT molecular complexity index is 681. The van der Waals surface area contributed by atoms with Gasteiger partial charge in [-0.3, -0.25) is 5.10 Å². The van der Waals surface area contributed by atoms with Gasteiger partial charge in [0, 0.05) is 38.6 Å². The molecule has 1 aliphatic rings. The molecule has 0 spiro atoms. The van der Waals surface area contributed by atoms with Gasteiger partial charge in [-0.2, -0.15) is 10.1 Å². The lowest BCUT2D eigenvalue weighted by molar-refractivity contribution is 0.154. The molecule has 136 valence electrons. The highest BCUT2D eigenvalue weighted by Gasteiger charge is 2.19. The Hall–Kier alpha value is -2.15. The van der Waals surface area contributed by atoms with Crippen molar-refractivity contribution in [3.8, 4) is 0 Å². The molecule has 7 heteroatoms. The van der Waals surface area contributed by atoms with Crippen molar-refractivity contribution in [3.63, 3.8) is 0 Å². The highest BCUT2D eigenvalue weighted by atomic mass is 16.3. The van der Waals surface area contributed by atoms with Gasteiger partial charge >= 0.3 is 0 Å². The van der Waals surface area contributed by atoms with Crippen molar-refractivity contribution < 1.29 is 5.11 Å². The van der Waals surface area contributed by atoms with Crippen molar-refractivity contribution in [3.05, 3.63) is 29.2 Å². The Morgan fingerprint density at radius 2 is 2.24 bits per heavy atom. The van der Waals surface area contributed by atoms with Crippen LogP contribution in [0.15, 0.2) is 12.3 Å². The van der Waals surface area contributed by atoms with Gasteiger partial charge in [0.05, 0.1) is 11.8 Å². The third kappa shape index (κ3) is 4.28. The molecule has 3 rings (SSSR count). The maximum atomic E-state index is 9.87. The van der Waals surface area contributed by atoms with Gasteiger partial charge in [-0.15, -0.1) is 0 Å². The number of nitrogens with zero attached hydrogens (tertiary/aromatic N) is 5. The molecule has 2 aromatic rings. The number of hydrogen-bond donors (Lipinski definition) is 2. The lowest BCUT2D eigenvalue weighted by Gasteiger charge is -2.31. The number of aryl methyl sites for hydroxylation is 2. The van der Waals surface area contributed by atoms with Crippen LogP contribution in [-0.2, 0) is 6.42 Å². The van der Waals surface area contributed by atoms with Gasteiger partial charge in [-0.25, -0.2) is 4.98 Å². The van der Waals surface area contributed by atoms with Crippen LogP contribution in [0.4, 0.5) is 11.8 Å². The molecule has 0 saturated carbocycles. The first-order valence-corrected chi connectivity index (χ1v) is 9.02. The molecule has 1 aliphatic heterocycles. The van der Waals surface area contributed by atoms with Crippen LogP contribution >= 0.6 is 0 Å². The van der Waals surface area contributed by atoms with E-state index in [2.05, 4.69) is 31.9 Å². The Labute approximate surface area is 149 Å². The van der Waals surface area contributed by atoms with E-state index < -0.39 is 0 Å². The van der Waals surface area contributed by atoms with E-state index in [9.17, 15) is 5.11 Å². The van der Waals surface area contributed by atoms with E-state index in [4.69, 9.17) is 4.98 Å². The molecular weight excluding hydrogens is 316 g/mol. The maximum absolute atomic E-state index is 9.87. The minimum atomic E-state index is -0.258. The summed E-state index contributed by atoms with van der Waals surface area (Å²) in [6, 6.07) is 1.92. The molecule has 0 radical (unpaired) electrons. The molecule has 2 N–H and O–H groups in total. The quantitative estimate of drug-likeness (QED) is 0.832. The van der Waals surface area contributed by atoms with Gasteiger partial charge in [-0.1, -0.05) is 0 Å². The highest BCUT2D eigenvalue weighted by Crippen LogP contribution is 2.20. The van der Waals surface area contributed by atoms with Gasteiger partial charge in [0.1, 0.15) is 5.82 Å². The molecule has 3 heterocycles. The summed E-state index contributed by atoms with van der Waals surface area (Å²) in [7, 11) is 2.03. The fourth-order valence-corrected chi connectivity index (χ4v) is 3.40. The molecule has 0 amide bonds. The van der Waals surface area contributed by atoms with Gasteiger partial charge in [0.25, 0.3) is 0 Å². The van der Waals surface area contributed by atoms with Crippen LogP contribution < -0.4 is 9.80 Å². The number of H-pyrrole nitrogens is 1. The van der Waals surface area contributed by atoms with Crippen LogP contribution in [0.5, 0.6) is 0 Å². The minimum Gasteiger partial charge on any atom is -0.391 e. The zero-order valence-corrected chi connectivity index (χ0v) is 15.4. The number of anilines is 2. The number of hydrogen-bond acceptors (Lipinski definition) is 6. The summed E-state index contributed by atoms with van der Waals surface area (Å²) in [6.45, 7) is 6.59. The summed E-state index contributed by atoms with van der Waals surface area (Å²) in [5.41, 5.74) is 3.55. The number of nitrogens with one attached hydrogen (secondary N) is 1. The second kappa shape index (κ2) is 7.82. The topological polar surface area (TPSA) is 81.2 Å². The van der Waals surface area contributed by atoms with Crippen LogP contribution in [0.3, 0.4) is 0 Å². The van der Waals surface area contributed by atoms with Crippen molar-refractivity contribution in [2.24, 2.45) is 0 Å². The summed E-state index contributed by atoms with van der Waals surface area (Å²) < 4.78 is 0. The minimum absolute atomic E-state index is 0.258. The Morgan fingerprint density at radius 1 is 1.40 bits per heavy atom. The maximum Gasteiger partial charge on any atom is 0.226 e. The summed E-state index contributed by atoms with van der Waals surface area (Å²) in [5.74, 6) is 1.63. The molecule has 1 atom stereocenters. The standard InChI is InChI=1S/C18H28N6O/c1-13-16(14(2)22-21-13)7-5-10-23(3)18-19-9-8-17(20-18)24-11-4-6-15(25)12-24/h8-9,15,25H,4-7,10-12H2,1-3H3,(H,21,22)/t15-/m0/s1. The van der Waals surface area contributed by atoms with Gasteiger partial charge in [0.2, 0.25) is 5.95 Å². The van der Waals surface area contributed by atoms with Crippen molar-refractivity contribution in [1.82, 2.24) is 20.2 Å². The molecule has 1 saturated heterocycles. The van der Waals surface area contributed by atoms with E-state index in [1.54, 1.807) is 6.20 Å². The van der Waals surface area contributed by atoms with E-state index in [0.29, 0.717) is 6.54 Å². The van der Waals surface area contributed by atoms with Gasteiger partial charge in [-0.05, 0) is 51.2 Å². The summed E-state index contributed by atoms with van der Waals surface area (Å²) in [6.07, 6.45) is 5.44. The first kappa shape index (κ1) is 17.7. The highest BCUT2D eigenvalue weighted by molar-refractivity contribution is 5.44. The molecule has 0 aromatic carbocycles. The van der Waals surface area contributed by atoms with Crippen LogP contribution in [0.25, 0.3) is 0 Å². The number of aromatic amines is 1. The number of rotatable bonds is 6. The molecule has 1 fully saturated rings. The second-order valence-electron chi connectivity index (χ2n) is 6.89. The van der Waals surface area contributed by atoms with Crippen LogP contribution in [-0.4, -0.2) is 58.1 Å². The first-order chi connectivity index (χ1) is 12.0. The number of aromatic nitrogens is 4. The third-order valence-electron chi connectivity index (χ3n) is 4.89. The van der Waals surface area contributed by atoms with Crippen molar-refractivity contribution >= 4 is 11.8 Å². The normalized spacial score (nSPS) is 17.8. The van der Waals surface area contributed by atoms with Gasteiger partial charge in [0.15, 0.2) is 0 Å². The SMILES string of the molecule is Cc1n[nH]c(C)c1CCCN(C)c1nccc(N2CCC[C@H](O)C2)n1. The van der Waals surface area contributed by atoms with Gasteiger partial charge < -0.3 is 14.9 Å². The van der Waals surface area contributed by atoms with E-state index in [1.165, 1.54) is 5.56 Å². The predicted molar refractivity (Wildman–Crippen MR) is 99.1 cm³/mol. The predicted octanol–water partition coefficient (Wildman–Crippen LogP) is 1.85. The zero-order chi connectivity index (χ0) is 17.8. The lowest BCUT2D eigenvalue weighted by atomic mass is 10.1. The molecular formula is C18H28N6O. The summed E-state index contributed by atoms with van der Waals surface area (Å²) in [5, 5.41) is 17.2. The Morgan fingerprint density at radius 3 is 2.96 bits per heavy atom. The third-order valence-corrected chi connectivity index (χ3v) is 4.89. The Kier molecular flexibility index (Phi) is 5.53. The second-order valence-corrected chi connectivity index (χ2v) is 6.89. The summed E-state index contributed by atoms with van der Waals surface area (Å²) >= 11 is 0. The largest absolute Gasteiger partial charge is 0.391 e. The molecule has 7 nitrogen and oxygen atoms in total. The van der Waals surface area contributed by atoms with E-state index >= 15 is 0 Å². The number of β-amino-alcohol motifs (C(OH)–C–C–N with tert-alkyl or cyclic N) is 1. The average molecular weight is 344 g/mol. The van der Waals surface area contributed by atoms with Crippen LogP contribution in [0.1, 0.15) is 36.2 Å². The fourth-order valence-electron chi connectivity index (χ4n) is 3.40. The molecule has 2 aromatic heterocycles. The van der Waals surface area contributed by atoms with Crippen molar-refractivity contribution in [2.45, 2.75) is 45.6 Å². The van der Waals surface area contributed by atoms with E-state index in [1.807, 2.05) is 20.0 Å². The van der Waals surface area contributed by atoms with E-state index in [-0.39, 0.29) is 6.10 Å². The fraction of sp³-hybridized carbons (Fsp3) is 0.611. The van der Waals surface area contributed by atoms with E-state index in [0.717, 1.165) is 61.9 Å². The lowest BCUT2D eigenvalue weighted by Crippen LogP contribution is -2.39. The van der Waals surface area contributed by atoms with Crippen molar-refractivity contribution in [1.29, 1.82) is 0 Å². The summed E-state index contributed by atoms with van der Waals surface area (Å²) in [4.78, 5) is 13.3. The monoisotopic (exact) mass is 344 g/mol. The number of aliphatic hydroxyl groups is 1.